The molecule has 0 spiro atoms. The van der Waals surface area contributed by atoms with Crippen LogP contribution >= 0.6 is 11.6 Å². The molecule has 1 aromatic carbocycles. The van der Waals surface area contributed by atoms with E-state index >= 15 is 0 Å². The Labute approximate surface area is 117 Å². The zero-order valence-corrected chi connectivity index (χ0v) is 11.9. The Kier molecular flexibility index (Phi) is 3.86. The second kappa shape index (κ2) is 5.41. The molecule has 0 unspecified atom stereocenters. The number of hydrogen-bond donors (Lipinski definition) is 1. The van der Waals surface area contributed by atoms with Crippen molar-refractivity contribution < 1.29 is 4.79 Å². The zero-order valence-electron chi connectivity index (χ0n) is 11.1. The summed E-state index contributed by atoms with van der Waals surface area (Å²) >= 11 is 6.17. The van der Waals surface area contributed by atoms with Crippen LogP contribution in [0.25, 0.3) is 0 Å². The summed E-state index contributed by atoms with van der Waals surface area (Å²) in [5.74, 6) is -0.181. The van der Waals surface area contributed by atoms with E-state index in [0.29, 0.717) is 16.3 Å². The maximum Gasteiger partial charge on any atom is 0.255 e. The highest BCUT2D eigenvalue weighted by Gasteiger charge is 2.11. The molecule has 3 nitrogen and oxygen atoms in total. The maximum absolute atomic E-state index is 12.2. The first-order valence-electron chi connectivity index (χ1n) is 5.98. The number of rotatable bonds is 2. The number of carbonyl (C=O) groups is 1. The Hall–Kier alpha value is -1.87. The van der Waals surface area contributed by atoms with E-state index in [-0.39, 0.29) is 5.91 Å². The first-order chi connectivity index (χ1) is 8.97. The predicted octanol–water partition coefficient (Wildman–Crippen LogP) is 3.91. The average molecular weight is 275 g/mol. The summed E-state index contributed by atoms with van der Waals surface area (Å²) in [6.07, 6.45) is 1.62. The minimum Gasteiger partial charge on any atom is -0.320 e. The van der Waals surface area contributed by atoms with E-state index in [4.69, 9.17) is 11.6 Å². The van der Waals surface area contributed by atoms with Crippen molar-refractivity contribution in [3.63, 3.8) is 0 Å². The summed E-state index contributed by atoms with van der Waals surface area (Å²) < 4.78 is 0. The average Bonchev–Trinajstić information content (AvgIpc) is 2.33. The molecular weight excluding hydrogens is 260 g/mol. The van der Waals surface area contributed by atoms with Gasteiger partial charge in [-0.1, -0.05) is 17.7 Å². The Morgan fingerprint density at radius 2 is 1.95 bits per heavy atom. The molecule has 4 heteroatoms. The quantitative estimate of drug-likeness (QED) is 0.902. The van der Waals surface area contributed by atoms with E-state index < -0.39 is 0 Å². The zero-order chi connectivity index (χ0) is 14.0. The van der Waals surface area contributed by atoms with Gasteiger partial charge in [0.05, 0.1) is 10.7 Å². The van der Waals surface area contributed by atoms with Crippen LogP contribution in [0.4, 0.5) is 5.69 Å². The number of aromatic nitrogens is 1. The molecule has 98 valence electrons. The van der Waals surface area contributed by atoms with E-state index in [1.54, 1.807) is 18.3 Å². The van der Waals surface area contributed by atoms with E-state index in [1.165, 1.54) is 0 Å². The van der Waals surface area contributed by atoms with Crippen LogP contribution < -0.4 is 5.32 Å². The van der Waals surface area contributed by atoms with Gasteiger partial charge in [0.2, 0.25) is 0 Å². The lowest BCUT2D eigenvalue weighted by Crippen LogP contribution is -2.13. The highest BCUT2D eigenvalue weighted by atomic mass is 35.5. The minimum absolute atomic E-state index is 0.181. The summed E-state index contributed by atoms with van der Waals surface area (Å²) in [4.78, 5) is 16.2. The molecule has 0 aliphatic carbocycles. The van der Waals surface area contributed by atoms with Gasteiger partial charge in [0.25, 0.3) is 5.91 Å². The molecule has 0 saturated heterocycles. The van der Waals surface area contributed by atoms with Crippen LogP contribution in [0.2, 0.25) is 5.02 Å². The van der Waals surface area contributed by atoms with Crippen molar-refractivity contribution in [3.8, 4) is 0 Å². The van der Waals surface area contributed by atoms with Crippen molar-refractivity contribution in [1.29, 1.82) is 0 Å². The van der Waals surface area contributed by atoms with Gasteiger partial charge >= 0.3 is 0 Å². The first-order valence-corrected chi connectivity index (χ1v) is 6.36. The number of carbonyl (C=O) groups excluding carboxylic acids is 1. The molecular formula is C15H15ClN2O. The fourth-order valence-corrected chi connectivity index (χ4v) is 2.31. The fourth-order valence-electron chi connectivity index (χ4n) is 1.95. The third-order valence-electron chi connectivity index (χ3n) is 2.83. The Bertz CT molecular complexity index is 615. The molecule has 1 heterocycles. The number of halogens is 1. The van der Waals surface area contributed by atoms with Gasteiger partial charge in [0.1, 0.15) is 0 Å². The summed E-state index contributed by atoms with van der Waals surface area (Å²) in [6, 6.07) is 7.24. The van der Waals surface area contributed by atoms with Gasteiger partial charge in [0, 0.05) is 17.5 Å². The second-order valence-corrected chi connectivity index (χ2v) is 4.99. The minimum atomic E-state index is -0.181. The maximum atomic E-state index is 12.2. The lowest BCUT2D eigenvalue weighted by molar-refractivity contribution is 0.102. The number of benzene rings is 1. The molecule has 0 bridgehead atoms. The van der Waals surface area contributed by atoms with E-state index in [9.17, 15) is 4.79 Å². The summed E-state index contributed by atoms with van der Waals surface area (Å²) in [5.41, 5.74) is 4.05. The number of anilines is 1. The van der Waals surface area contributed by atoms with Crippen molar-refractivity contribution in [2.45, 2.75) is 20.8 Å². The van der Waals surface area contributed by atoms with Gasteiger partial charge in [-0.2, -0.15) is 0 Å². The van der Waals surface area contributed by atoms with Crippen LogP contribution in [0.1, 0.15) is 27.2 Å². The largest absolute Gasteiger partial charge is 0.320 e. The molecule has 0 radical (unpaired) electrons. The van der Waals surface area contributed by atoms with Crippen LogP contribution in [0.5, 0.6) is 0 Å². The Morgan fingerprint density at radius 3 is 2.58 bits per heavy atom. The van der Waals surface area contributed by atoms with Crippen molar-refractivity contribution in [1.82, 2.24) is 4.98 Å². The lowest BCUT2D eigenvalue weighted by atomic mass is 10.1. The third-order valence-corrected chi connectivity index (χ3v) is 3.13. The molecule has 1 amide bonds. The summed E-state index contributed by atoms with van der Waals surface area (Å²) in [6.45, 7) is 5.74. The van der Waals surface area contributed by atoms with Gasteiger partial charge in [-0.3, -0.25) is 9.78 Å². The van der Waals surface area contributed by atoms with Gasteiger partial charge < -0.3 is 5.32 Å². The molecule has 0 saturated carbocycles. The van der Waals surface area contributed by atoms with Crippen LogP contribution in [0.3, 0.4) is 0 Å². The van der Waals surface area contributed by atoms with Gasteiger partial charge in [-0.25, -0.2) is 0 Å². The van der Waals surface area contributed by atoms with E-state index in [1.807, 2.05) is 32.9 Å². The fraction of sp³-hybridized carbons (Fsp3) is 0.200. The van der Waals surface area contributed by atoms with Gasteiger partial charge in [-0.05, 0) is 50.1 Å². The molecule has 1 aromatic heterocycles. The number of amides is 1. The van der Waals surface area contributed by atoms with Crippen molar-refractivity contribution >= 4 is 23.2 Å². The normalized spacial score (nSPS) is 10.3. The lowest BCUT2D eigenvalue weighted by Gasteiger charge is -2.11. The molecule has 0 aliphatic rings. The number of hydrogen-bond acceptors (Lipinski definition) is 2. The van der Waals surface area contributed by atoms with Crippen LogP contribution in [0.15, 0.2) is 30.5 Å². The van der Waals surface area contributed by atoms with E-state index in [2.05, 4.69) is 10.3 Å². The molecule has 19 heavy (non-hydrogen) atoms. The topological polar surface area (TPSA) is 42.0 Å². The molecule has 2 aromatic rings. The highest BCUT2D eigenvalue weighted by molar-refractivity contribution is 6.34. The summed E-state index contributed by atoms with van der Waals surface area (Å²) in [5, 5.41) is 3.40. The molecule has 0 atom stereocenters. The Morgan fingerprint density at radius 1 is 1.21 bits per heavy atom. The van der Waals surface area contributed by atoms with Crippen LogP contribution in [-0.4, -0.2) is 10.9 Å². The second-order valence-electron chi connectivity index (χ2n) is 4.58. The van der Waals surface area contributed by atoms with Crippen LogP contribution in [-0.2, 0) is 0 Å². The first kappa shape index (κ1) is 13.6. The van der Waals surface area contributed by atoms with Crippen molar-refractivity contribution in [3.05, 3.63) is 57.9 Å². The Balaban J connectivity index is 2.29. The van der Waals surface area contributed by atoms with E-state index in [0.717, 1.165) is 16.8 Å². The van der Waals surface area contributed by atoms with Crippen molar-refractivity contribution in [2.75, 3.05) is 5.32 Å². The molecule has 0 aliphatic heterocycles. The third kappa shape index (κ3) is 3.12. The van der Waals surface area contributed by atoms with Crippen molar-refractivity contribution in [2.24, 2.45) is 0 Å². The number of aryl methyl sites for hydroxylation is 3. The SMILES string of the molecule is Cc1cc(C)c(NC(=O)c2ccnc(C)c2)c(Cl)c1. The number of nitrogens with one attached hydrogen (secondary N) is 1. The standard InChI is InChI=1S/C15H15ClN2O/c1-9-6-10(2)14(13(16)7-9)18-15(19)12-4-5-17-11(3)8-12/h4-8H,1-3H3,(H,18,19). The van der Waals surface area contributed by atoms with Crippen LogP contribution in [0, 0.1) is 20.8 Å². The monoisotopic (exact) mass is 274 g/mol. The number of nitrogens with zero attached hydrogens (tertiary/aromatic N) is 1. The summed E-state index contributed by atoms with van der Waals surface area (Å²) in [7, 11) is 0. The molecule has 2 rings (SSSR count). The molecule has 0 fully saturated rings. The van der Waals surface area contributed by atoms with Gasteiger partial charge in [-0.15, -0.1) is 0 Å². The number of pyridine rings is 1. The predicted molar refractivity (Wildman–Crippen MR) is 77.9 cm³/mol. The molecule has 1 N–H and O–H groups in total. The highest BCUT2D eigenvalue weighted by Crippen LogP contribution is 2.27. The van der Waals surface area contributed by atoms with Gasteiger partial charge in [0.15, 0.2) is 0 Å². The smallest absolute Gasteiger partial charge is 0.255 e.